The van der Waals surface area contributed by atoms with Gasteiger partial charge in [0.05, 0.1) is 18.4 Å². The zero-order valence-electron chi connectivity index (χ0n) is 10.4. The van der Waals surface area contributed by atoms with Gasteiger partial charge >= 0.3 is 0 Å². The van der Waals surface area contributed by atoms with Crippen LogP contribution in [0.3, 0.4) is 0 Å². The number of nitrogens with one attached hydrogen (secondary N) is 2. The smallest absolute Gasteiger partial charge is 0.120 e. The van der Waals surface area contributed by atoms with Crippen molar-refractivity contribution in [3.63, 3.8) is 0 Å². The van der Waals surface area contributed by atoms with Gasteiger partial charge in [0.2, 0.25) is 0 Å². The highest BCUT2D eigenvalue weighted by atomic mass is 15.2. The van der Waals surface area contributed by atoms with Crippen molar-refractivity contribution in [2.24, 2.45) is 0 Å². The molecule has 1 aromatic heterocycles. The monoisotopic (exact) mass is 242 g/mol. The standard InChI is InChI=1S/C14H18N4/c1-2-4-12(5-3-1)13-10-16-14(17-13)11-18-8-6-15-7-9-18/h1-5,10,15H,6-9,11H2,(H,16,17). The summed E-state index contributed by atoms with van der Waals surface area (Å²) in [6, 6.07) is 10.3. The van der Waals surface area contributed by atoms with Crippen LogP contribution in [-0.4, -0.2) is 41.0 Å². The molecule has 1 aliphatic heterocycles. The van der Waals surface area contributed by atoms with Crippen LogP contribution in [0.1, 0.15) is 5.82 Å². The first-order valence-electron chi connectivity index (χ1n) is 6.44. The van der Waals surface area contributed by atoms with Crippen molar-refractivity contribution >= 4 is 0 Å². The Morgan fingerprint density at radius 3 is 2.67 bits per heavy atom. The van der Waals surface area contributed by atoms with Gasteiger partial charge in [0.15, 0.2) is 0 Å². The summed E-state index contributed by atoms with van der Waals surface area (Å²) in [5.74, 6) is 1.05. The molecule has 0 spiro atoms. The molecule has 2 heterocycles. The quantitative estimate of drug-likeness (QED) is 0.857. The molecule has 0 saturated carbocycles. The van der Waals surface area contributed by atoms with Gasteiger partial charge in [-0.3, -0.25) is 4.90 Å². The van der Waals surface area contributed by atoms with Gasteiger partial charge in [-0.15, -0.1) is 0 Å². The van der Waals surface area contributed by atoms with Crippen molar-refractivity contribution < 1.29 is 0 Å². The lowest BCUT2D eigenvalue weighted by atomic mass is 10.2. The molecule has 2 aromatic rings. The fraction of sp³-hybridized carbons (Fsp3) is 0.357. The lowest BCUT2D eigenvalue weighted by Crippen LogP contribution is -2.43. The van der Waals surface area contributed by atoms with Crippen molar-refractivity contribution in [1.29, 1.82) is 0 Å². The van der Waals surface area contributed by atoms with Crippen molar-refractivity contribution in [1.82, 2.24) is 20.2 Å². The van der Waals surface area contributed by atoms with Crippen LogP contribution < -0.4 is 5.32 Å². The summed E-state index contributed by atoms with van der Waals surface area (Å²) >= 11 is 0. The fourth-order valence-corrected chi connectivity index (χ4v) is 2.29. The molecule has 4 nitrogen and oxygen atoms in total. The third kappa shape index (κ3) is 2.60. The van der Waals surface area contributed by atoms with Crippen molar-refractivity contribution in [3.8, 4) is 11.3 Å². The van der Waals surface area contributed by atoms with Gasteiger partial charge in [-0.2, -0.15) is 0 Å². The number of imidazole rings is 1. The van der Waals surface area contributed by atoms with E-state index < -0.39 is 0 Å². The molecule has 0 atom stereocenters. The second kappa shape index (κ2) is 5.33. The Kier molecular flexibility index (Phi) is 3.39. The molecule has 0 radical (unpaired) electrons. The average Bonchev–Trinajstić information content (AvgIpc) is 2.89. The highest BCUT2D eigenvalue weighted by Gasteiger charge is 2.11. The number of hydrogen-bond donors (Lipinski definition) is 2. The van der Waals surface area contributed by atoms with E-state index in [9.17, 15) is 0 Å². The topological polar surface area (TPSA) is 44.0 Å². The number of aromatic nitrogens is 2. The Balaban J connectivity index is 1.69. The number of benzene rings is 1. The van der Waals surface area contributed by atoms with Crippen molar-refractivity contribution in [2.75, 3.05) is 26.2 Å². The number of aromatic amines is 1. The van der Waals surface area contributed by atoms with Crippen LogP contribution in [0.25, 0.3) is 11.3 Å². The van der Waals surface area contributed by atoms with Crippen LogP contribution in [0.5, 0.6) is 0 Å². The molecule has 0 unspecified atom stereocenters. The van der Waals surface area contributed by atoms with Crippen LogP contribution in [0.4, 0.5) is 0 Å². The maximum absolute atomic E-state index is 4.47. The highest BCUT2D eigenvalue weighted by molar-refractivity contribution is 5.57. The lowest BCUT2D eigenvalue weighted by molar-refractivity contribution is 0.228. The van der Waals surface area contributed by atoms with Crippen LogP contribution in [0.15, 0.2) is 36.5 Å². The van der Waals surface area contributed by atoms with E-state index in [2.05, 4.69) is 32.3 Å². The number of nitrogens with zero attached hydrogens (tertiary/aromatic N) is 2. The van der Waals surface area contributed by atoms with E-state index in [1.165, 1.54) is 5.56 Å². The third-order valence-electron chi connectivity index (χ3n) is 3.30. The van der Waals surface area contributed by atoms with E-state index in [1.54, 1.807) is 0 Å². The maximum atomic E-state index is 4.47. The minimum atomic E-state index is 0.911. The van der Waals surface area contributed by atoms with Crippen molar-refractivity contribution in [2.45, 2.75) is 6.54 Å². The van der Waals surface area contributed by atoms with Crippen molar-refractivity contribution in [3.05, 3.63) is 42.4 Å². The summed E-state index contributed by atoms with van der Waals surface area (Å²) in [5.41, 5.74) is 2.29. The number of piperazine rings is 1. The Labute approximate surface area is 107 Å². The Morgan fingerprint density at radius 2 is 1.89 bits per heavy atom. The second-order valence-electron chi connectivity index (χ2n) is 4.64. The first kappa shape index (κ1) is 11.4. The molecule has 0 amide bonds. The first-order valence-corrected chi connectivity index (χ1v) is 6.44. The molecule has 3 rings (SSSR count). The predicted octanol–water partition coefficient (Wildman–Crippen LogP) is 1.48. The minimum Gasteiger partial charge on any atom is -0.341 e. The Morgan fingerprint density at radius 1 is 1.11 bits per heavy atom. The van der Waals surface area contributed by atoms with Crippen LogP contribution >= 0.6 is 0 Å². The molecule has 18 heavy (non-hydrogen) atoms. The summed E-state index contributed by atoms with van der Waals surface area (Å²) in [5, 5.41) is 3.36. The molecule has 0 aliphatic carbocycles. The Bertz CT molecular complexity index is 486. The van der Waals surface area contributed by atoms with Gasteiger partial charge in [0.1, 0.15) is 5.82 Å². The van der Waals surface area contributed by atoms with Crippen LogP contribution in [0, 0.1) is 0 Å². The van der Waals surface area contributed by atoms with E-state index >= 15 is 0 Å². The van der Waals surface area contributed by atoms with E-state index in [0.29, 0.717) is 0 Å². The number of rotatable bonds is 3. The summed E-state index contributed by atoms with van der Waals surface area (Å²) in [4.78, 5) is 10.3. The Hall–Kier alpha value is -1.65. The molecule has 4 heteroatoms. The SMILES string of the molecule is c1ccc(-c2cnc(CN3CCNCC3)[nH]2)cc1. The van der Waals surface area contributed by atoms with Crippen LogP contribution in [0.2, 0.25) is 0 Å². The zero-order valence-corrected chi connectivity index (χ0v) is 10.4. The van der Waals surface area contributed by atoms with Gasteiger partial charge < -0.3 is 10.3 Å². The third-order valence-corrected chi connectivity index (χ3v) is 3.30. The molecule has 1 fully saturated rings. The maximum Gasteiger partial charge on any atom is 0.120 e. The highest BCUT2D eigenvalue weighted by Crippen LogP contribution is 2.16. The summed E-state index contributed by atoms with van der Waals surface area (Å²) < 4.78 is 0. The minimum absolute atomic E-state index is 0.911. The second-order valence-corrected chi connectivity index (χ2v) is 4.64. The predicted molar refractivity (Wildman–Crippen MR) is 72.2 cm³/mol. The number of hydrogen-bond acceptors (Lipinski definition) is 3. The lowest BCUT2D eigenvalue weighted by Gasteiger charge is -2.26. The normalized spacial score (nSPS) is 16.9. The molecule has 94 valence electrons. The van der Waals surface area contributed by atoms with Gasteiger partial charge in [-0.1, -0.05) is 30.3 Å². The van der Waals surface area contributed by atoms with Gasteiger partial charge in [-0.25, -0.2) is 4.98 Å². The first-order chi connectivity index (χ1) is 8.92. The van der Waals surface area contributed by atoms with Crippen LogP contribution in [-0.2, 0) is 6.54 Å². The number of H-pyrrole nitrogens is 1. The van der Waals surface area contributed by atoms with Gasteiger partial charge in [0.25, 0.3) is 0 Å². The summed E-state index contributed by atoms with van der Waals surface area (Å²) in [6.07, 6.45) is 1.92. The largest absolute Gasteiger partial charge is 0.341 e. The molecule has 0 bridgehead atoms. The molecular weight excluding hydrogens is 224 g/mol. The summed E-state index contributed by atoms with van der Waals surface area (Å²) in [7, 11) is 0. The average molecular weight is 242 g/mol. The molecule has 2 N–H and O–H groups in total. The zero-order chi connectivity index (χ0) is 12.2. The van der Waals surface area contributed by atoms with E-state index in [-0.39, 0.29) is 0 Å². The summed E-state index contributed by atoms with van der Waals surface area (Å²) in [6.45, 7) is 5.26. The fourth-order valence-electron chi connectivity index (χ4n) is 2.29. The molecular formula is C14H18N4. The molecule has 1 aliphatic rings. The van der Waals surface area contributed by atoms with E-state index in [0.717, 1.165) is 44.2 Å². The van der Waals surface area contributed by atoms with Gasteiger partial charge in [-0.05, 0) is 5.56 Å². The van der Waals surface area contributed by atoms with E-state index in [4.69, 9.17) is 0 Å². The van der Waals surface area contributed by atoms with Gasteiger partial charge in [0, 0.05) is 26.2 Å². The van der Waals surface area contributed by atoms with E-state index in [1.807, 2.05) is 24.4 Å². The molecule has 1 aromatic carbocycles. The molecule has 1 saturated heterocycles.